The quantitative estimate of drug-likeness (QED) is 0.536. The molecule has 0 saturated carbocycles. The van der Waals surface area contributed by atoms with E-state index in [2.05, 4.69) is 10.3 Å². The maximum Gasteiger partial charge on any atom is 0.416 e. The van der Waals surface area contributed by atoms with Gasteiger partial charge in [0.05, 0.1) is 28.7 Å². The van der Waals surface area contributed by atoms with Crippen LogP contribution < -0.4 is 10.2 Å². The standard InChI is InChI=1S/C21H23F6N3O5S2/c1-19(2,3)35-18(32)28-5-4-16(31)29-17-30(14-9-37(33,34)10-15(14)36-17)13-7-11(20(22,23)24)6-12(8-13)21(25,26)27/h6-8,14-15H,4-5,9-10H2,1-3H3,(H,28,32)/t14-,15+/m0/s1. The Morgan fingerprint density at radius 2 is 1.62 bits per heavy atom. The molecule has 0 aromatic heterocycles. The minimum atomic E-state index is -5.12. The molecule has 2 aliphatic rings. The first kappa shape index (κ1) is 29.1. The number of amides is 2. The Hall–Kier alpha value is -2.49. The van der Waals surface area contributed by atoms with E-state index in [0.717, 1.165) is 16.7 Å². The van der Waals surface area contributed by atoms with Crippen molar-refractivity contribution in [2.24, 2.45) is 4.99 Å². The second-order valence-corrected chi connectivity index (χ2v) is 12.8. The smallest absolute Gasteiger partial charge is 0.416 e. The zero-order valence-electron chi connectivity index (χ0n) is 19.7. The molecule has 2 aliphatic heterocycles. The van der Waals surface area contributed by atoms with Crippen LogP contribution >= 0.6 is 11.8 Å². The monoisotopic (exact) mass is 575 g/mol. The van der Waals surface area contributed by atoms with E-state index in [-0.39, 0.29) is 30.0 Å². The summed E-state index contributed by atoms with van der Waals surface area (Å²) in [5, 5.41) is 1.36. The van der Waals surface area contributed by atoms with Crippen LogP contribution in [-0.2, 0) is 31.7 Å². The largest absolute Gasteiger partial charge is 0.444 e. The maximum absolute atomic E-state index is 13.4. The number of hydrogen-bond acceptors (Lipinski definition) is 6. The van der Waals surface area contributed by atoms with Crippen LogP contribution in [0.3, 0.4) is 0 Å². The van der Waals surface area contributed by atoms with Crippen LogP contribution in [-0.4, -0.2) is 60.5 Å². The Labute approximate surface area is 212 Å². The number of aliphatic imine (C=N–C) groups is 1. The number of fused-ring (bicyclic) bond motifs is 1. The van der Waals surface area contributed by atoms with Crippen molar-refractivity contribution in [2.45, 2.75) is 56.4 Å². The highest BCUT2D eigenvalue weighted by molar-refractivity contribution is 8.16. The van der Waals surface area contributed by atoms with Gasteiger partial charge in [0.2, 0.25) is 5.91 Å². The number of alkyl halides is 6. The van der Waals surface area contributed by atoms with Crippen molar-refractivity contribution in [1.82, 2.24) is 5.32 Å². The molecule has 2 heterocycles. The molecule has 0 aliphatic carbocycles. The summed E-state index contributed by atoms with van der Waals surface area (Å²) in [6.45, 7) is 4.69. The number of benzene rings is 1. The minimum absolute atomic E-state index is 0.0418. The van der Waals surface area contributed by atoms with Crippen LogP contribution in [0.15, 0.2) is 23.2 Å². The number of thioether (sulfide) groups is 1. The van der Waals surface area contributed by atoms with Gasteiger partial charge in [0.15, 0.2) is 15.0 Å². The fraction of sp³-hybridized carbons (Fsp3) is 0.571. The van der Waals surface area contributed by atoms with E-state index in [1.54, 1.807) is 20.8 Å². The lowest BCUT2D eigenvalue weighted by atomic mass is 10.1. The fourth-order valence-electron chi connectivity index (χ4n) is 3.69. The number of sulfone groups is 1. The van der Waals surface area contributed by atoms with Gasteiger partial charge in [-0.1, -0.05) is 11.8 Å². The Balaban J connectivity index is 1.92. The number of nitrogens with zero attached hydrogens (tertiary/aromatic N) is 2. The van der Waals surface area contributed by atoms with Crippen molar-refractivity contribution in [3.63, 3.8) is 0 Å². The Morgan fingerprint density at radius 1 is 1.05 bits per heavy atom. The molecule has 2 saturated heterocycles. The second-order valence-electron chi connectivity index (χ2n) is 9.40. The molecule has 8 nitrogen and oxygen atoms in total. The van der Waals surface area contributed by atoms with Crippen LogP contribution in [0.25, 0.3) is 0 Å². The zero-order valence-corrected chi connectivity index (χ0v) is 21.4. The average molecular weight is 576 g/mol. The topological polar surface area (TPSA) is 105 Å². The lowest BCUT2D eigenvalue weighted by molar-refractivity contribution is -0.143. The molecule has 0 bridgehead atoms. The SMILES string of the molecule is CC(C)(C)OC(=O)NCCC(=O)N=C1S[C@@H]2CS(=O)(=O)C[C@@H]2N1c1cc(C(F)(F)F)cc(C(F)(F)F)c1. The summed E-state index contributed by atoms with van der Waals surface area (Å²) in [5.74, 6) is -1.73. The van der Waals surface area contributed by atoms with Crippen molar-refractivity contribution in [3.05, 3.63) is 29.3 Å². The molecule has 16 heteroatoms. The Bertz CT molecular complexity index is 1180. The second kappa shape index (κ2) is 10.0. The number of nitrogens with one attached hydrogen (secondary N) is 1. The first-order valence-corrected chi connectivity index (χ1v) is 13.5. The summed E-state index contributed by atoms with van der Waals surface area (Å²) in [4.78, 5) is 28.9. The number of carbonyl (C=O) groups excluding carboxylic acids is 2. The van der Waals surface area contributed by atoms with Crippen LogP contribution in [0.1, 0.15) is 38.3 Å². The van der Waals surface area contributed by atoms with Crippen LogP contribution in [0.4, 0.5) is 36.8 Å². The van der Waals surface area contributed by atoms with Crippen molar-refractivity contribution in [3.8, 4) is 0 Å². The van der Waals surface area contributed by atoms with Crippen molar-refractivity contribution < 1.29 is 49.1 Å². The zero-order chi connectivity index (χ0) is 28.0. The maximum atomic E-state index is 13.4. The Morgan fingerprint density at radius 3 is 2.14 bits per heavy atom. The highest BCUT2D eigenvalue weighted by atomic mass is 32.2. The molecular weight excluding hydrogens is 552 g/mol. The van der Waals surface area contributed by atoms with Gasteiger partial charge in [-0.25, -0.2) is 13.2 Å². The highest BCUT2D eigenvalue weighted by Crippen LogP contribution is 2.44. The first-order chi connectivity index (χ1) is 16.7. The number of alkyl carbamates (subject to hydrolysis) is 1. The van der Waals surface area contributed by atoms with Crippen molar-refractivity contribution in [2.75, 3.05) is 23.0 Å². The number of hydrogen-bond donors (Lipinski definition) is 1. The summed E-state index contributed by atoms with van der Waals surface area (Å²) in [6.07, 6.45) is -11.4. The molecule has 206 valence electrons. The van der Waals surface area contributed by atoms with E-state index in [0.29, 0.717) is 12.1 Å². The molecule has 2 amide bonds. The fourth-order valence-corrected chi connectivity index (χ4v) is 7.62. The van der Waals surface area contributed by atoms with Gasteiger partial charge < -0.3 is 15.0 Å². The van der Waals surface area contributed by atoms with Gasteiger partial charge in [-0.3, -0.25) is 4.79 Å². The summed E-state index contributed by atoms with van der Waals surface area (Å²) in [5.41, 5.74) is -4.54. The normalized spacial score (nSPS) is 22.7. The number of rotatable bonds is 4. The molecule has 2 atom stereocenters. The third-order valence-corrected chi connectivity index (χ3v) is 8.35. The summed E-state index contributed by atoms with van der Waals surface area (Å²) < 4.78 is 110. The lowest BCUT2D eigenvalue weighted by Crippen LogP contribution is -2.38. The predicted octanol–water partition coefficient (Wildman–Crippen LogP) is 4.24. The van der Waals surface area contributed by atoms with Gasteiger partial charge in [0.1, 0.15) is 5.60 Å². The van der Waals surface area contributed by atoms with Crippen LogP contribution in [0.2, 0.25) is 0 Å². The van der Waals surface area contributed by atoms with Gasteiger partial charge in [-0.2, -0.15) is 31.3 Å². The third-order valence-electron chi connectivity index (χ3n) is 5.14. The first-order valence-electron chi connectivity index (χ1n) is 10.8. The summed E-state index contributed by atoms with van der Waals surface area (Å²) in [7, 11) is -3.62. The van der Waals surface area contributed by atoms with Gasteiger partial charge in [-0.15, -0.1) is 0 Å². The summed E-state index contributed by atoms with van der Waals surface area (Å²) >= 11 is 0.791. The number of amidine groups is 1. The van der Waals surface area contributed by atoms with Crippen LogP contribution in [0, 0.1) is 0 Å². The number of ether oxygens (including phenoxy) is 1. The van der Waals surface area contributed by atoms with Crippen LogP contribution in [0.5, 0.6) is 0 Å². The number of anilines is 1. The van der Waals surface area contributed by atoms with E-state index in [9.17, 15) is 44.3 Å². The molecule has 1 N–H and O–H groups in total. The molecule has 0 spiro atoms. The molecule has 2 fully saturated rings. The summed E-state index contributed by atoms with van der Waals surface area (Å²) in [6, 6.07) is -0.133. The minimum Gasteiger partial charge on any atom is -0.444 e. The van der Waals surface area contributed by atoms with Gasteiger partial charge >= 0.3 is 18.4 Å². The van der Waals surface area contributed by atoms with E-state index in [1.807, 2.05) is 0 Å². The molecular formula is C21H23F6N3O5S2. The molecule has 0 radical (unpaired) electrons. The van der Waals surface area contributed by atoms with E-state index in [4.69, 9.17) is 4.74 Å². The molecule has 3 rings (SSSR count). The molecule has 37 heavy (non-hydrogen) atoms. The average Bonchev–Trinajstić information content (AvgIpc) is 3.15. The van der Waals surface area contributed by atoms with Crippen molar-refractivity contribution >= 4 is 44.5 Å². The van der Waals surface area contributed by atoms with Gasteiger partial charge in [-0.05, 0) is 39.0 Å². The van der Waals surface area contributed by atoms with E-state index in [1.165, 1.54) is 0 Å². The molecule has 1 aromatic carbocycles. The number of carbonyl (C=O) groups is 2. The molecule has 1 aromatic rings. The predicted molar refractivity (Wildman–Crippen MR) is 124 cm³/mol. The van der Waals surface area contributed by atoms with Crippen molar-refractivity contribution in [1.29, 1.82) is 0 Å². The Kier molecular flexibility index (Phi) is 7.86. The van der Waals surface area contributed by atoms with Gasteiger partial charge in [0, 0.05) is 23.9 Å². The lowest BCUT2D eigenvalue weighted by Gasteiger charge is -2.26. The molecule has 0 unspecified atom stereocenters. The van der Waals surface area contributed by atoms with E-state index < -0.39 is 73.7 Å². The third kappa shape index (κ3) is 7.52. The van der Waals surface area contributed by atoms with Gasteiger partial charge in [0.25, 0.3) is 0 Å². The number of halogens is 6. The van der Waals surface area contributed by atoms with E-state index >= 15 is 0 Å². The highest BCUT2D eigenvalue weighted by Gasteiger charge is 2.50.